The van der Waals surface area contributed by atoms with Crippen LogP contribution in [0.4, 0.5) is 10.1 Å². The summed E-state index contributed by atoms with van der Waals surface area (Å²) in [4.78, 5) is 0. The van der Waals surface area contributed by atoms with Crippen molar-refractivity contribution in [2.75, 3.05) is 12.3 Å². The van der Waals surface area contributed by atoms with Crippen LogP contribution in [0.25, 0.3) is 0 Å². The molecule has 0 amide bonds. The van der Waals surface area contributed by atoms with E-state index in [1.165, 1.54) is 12.1 Å². The lowest BCUT2D eigenvalue weighted by molar-refractivity contribution is 0.268. The number of nitrogen functional groups attached to an aromatic ring is 1. The number of hydrogen-bond donors (Lipinski definition) is 3. The van der Waals surface area contributed by atoms with Crippen LogP contribution in [-0.2, 0) is 0 Å². The molecular weight excluding hydrogens is 159 g/mol. The molecule has 5 N–H and O–H groups in total. The van der Waals surface area contributed by atoms with Gasteiger partial charge in [0.05, 0.1) is 12.6 Å². The Morgan fingerprint density at radius 3 is 2.58 bits per heavy atom. The van der Waals surface area contributed by atoms with Crippen LogP contribution in [0.5, 0.6) is 0 Å². The van der Waals surface area contributed by atoms with Gasteiger partial charge < -0.3 is 16.6 Å². The zero-order valence-corrected chi connectivity index (χ0v) is 6.50. The zero-order chi connectivity index (χ0) is 9.14. The van der Waals surface area contributed by atoms with E-state index in [0.717, 1.165) is 0 Å². The van der Waals surface area contributed by atoms with Crippen molar-refractivity contribution in [2.45, 2.75) is 6.04 Å². The average molecular weight is 170 g/mol. The van der Waals surface area contributed by atoms with Crippen molar-refractivity contribution in [1.29, 1.82) is 0 Å². The van der Waals surface area contributed by atoms with Crippen molar-refractivity contribution in [3.8, 4) is 0 Å². The third-order valence-electron chi connectivity index (χ3n) is 1.57. The lowest BCUT2D eigenvalue weighted by atomic mass is 10.1. The Hall–Kier alpha value is -1.13. The Balaban J connectivity index is 3.00. The molecule has 0 fully saturated rings. The monoisotopic (exact) mass is 170 g/mol. The summed E-state index contributed by atoms with van der Waals surface area (Å²) in [6, 6.07) is 3.44. The molecule has 0 bridgehead atoms. The SMILES string of the molecule is Nc1cc(F)cc([C@H](N)CO)c1. The van der Waals surface area contributed by atoms with E-state index in [0.29, 0.717) is 11.3 Å². The summed E-state index contributed by atoms with van der Waals surface area (Å²) in [5.41, 5.74) is 11.7. The van der Waals surface area contributed by atoms with Gasteiger partial charge >= 0.3 is 0 Å². The average Bonchev–Trinajstić information content (AvgIpc) is 2.01. The Morgan fingerprint density at radius 1 is 1.42 bits per heavy atom. The van der Waals surface area contributed by atoms with Gasteiger partial charge in [-0.2, -0.15) is 0 Å². The third-order valence-corrected chi connectivity index (χ3v) is 1.57. The summed E-state index contributed by atoms with van der Waals surface area (Å²) in [7, 11) is 0. The number of aliphatic hydroxyl groups excluding tert-OH is 1. The molecule has 1 rings (SSSR count). The number of halogens is 1. The minimum atomic E-state index is -0.567. The highest BCUT2D eigenvalue weighted by Crippen LogP contribution is 2.15. The fourth-order valence-electron chi connectivity index (χ4n) is 0.955. The first kappa shape index (κ1) is 8.96. The normalized spacial score (nSPS) is 12.9. The first-order chi connectivity index (χ1) is 5.63. The molecular formula is C8H11FN2O. The van der Waals surface area contributed by atoms with Crippen LogP contribution in [0.15, 0.2) is 18.2 Å². The molecule has 1 aromatic carbocycles. The molecule has 1 atom stereocenters. The van der Waals surface area contributed by atoms with Gasteiger partial charge in [0.25, 0.3) is 0 Å². The first-order valence-electron chi connectivity index (χ1n) is 3.56. The molecule has 0 aliphatic heterocycles. The molecule has 66 valence electrons. The number of anilines is 1. The highest BCUT2D eigenvalue weighted by atomic mass is 19.1. The molecule has 0 saturated carbocycles. The molecule has 0 heterocycles. The molecule has 0 aromatic heterocycles. The van der Waals surface area contributed by atoms with Crippen LogP contribution in [0.2, 0.25) is 0 Å². The molecule has 1 aromatic rings. The topological polar surface area (TPSA) is 72.3 Å². The summed E-state index contributed by atoms with van der Waals surface area (Å²) >= 11 is 0. The molecule has 0 aliphatic rings. The Labute approximate surface area is 69.8 Å². The zero-order valence-electron chi connectivity index (χ0n) is 6.50. The second-order valence-electron chi connectivity index (χ2n) is 2.61. The summed E-state index contributed by atoms with van der Waals surface area (Å²) in [5, 5.41) is 8.68. The van der Waals surface area contributed by atoms with Gasteiger partial charge in [-0.15, -0.1) is 0 Å². The Morgan fingerprint density at radius 2 is 2.08 bits per heavy atom. The van der Waals surface area contributed by atoms with E-state index in [2.05, 4.69) is 0 Å². The molecule has 0 radical (unpaired) electrons. The van der Waals surface area contributed by atoms with Gasteiger partial charge in [-0.05, 0) is 23.8 Å². The number of nitrogens with two attached hydrogens (primary N) is 2. The van der Waals surface area contributed by atoms with Gasteiger partial charge in [-0.1, -0.05) is 0 Å². The van der Waals surface area contributed by atoms with Gasteiger partial charge in [0.15, 0.2) is 0 Å². The van der Waals surface area contributed by atoms with Gasteiger partial charge in [0.2, 0.25) is 0 Å². The maximum absolute atomic E-state index is 12.7. The van der Waals surface area contributed by atoms with E-state index < -0.39 is 11.9 Å². The van der Waals surface area contributed by atoms with Gasteiger partial charge in [-0.3, -0.25) is 0 Å². The maximum atomic E-state index is 12.7. The summed E-state index contributed by atoms with van der Waals surface area (Å²) in [5.74, 6) is -0.436. The predicted molar refractivity (Wildman–Crippen MR) is 44.8 cm³/mol. The van der Waals surface area contributed by atoms with Crippen LogP contribution in [0.3, 0.4) is 0 Å². The van der Waals surface area contributed by atoms with E-state index in [9.17, 15) is 4.39 Å². The van der Waals surface area contributed by atoms with Crippen molar-refractivity contribution in [3.05, 3.63) is 29.6 Å². The van der Waals surface area contributed by atoms with Crippen LogP contribution < -0.4 is 11.5 Å². The predicted octanol–water partition coefficient (Wildman–Crippen LogP) is 0.400. The summed E-state index contributed by atoms with van der Waals surface area (Å²) in [6.45, 7) is -0.219. The van der Waals surface area contributed by atoms with Crippen molar-refractivity contribution in [3.63, 3.8) is 0 Å². The number of hydrogen-bond acceptors (Lipinski definition) is 3. The van der Waals surface area contributed by atoms with Crippen molar-refractivity contribution in [2.24, 2.45) is 5.73 Å². The maximum Gasteiger partial charge on any atom is 0.125 e. The van der Waals surface area contributed by atoms with E-state index in [1.54, 1.807) is 6.07 Å². The largest absolute Gasteiger partial charge is 0.399 e. The fraction of sp³-hybridized carbons (Fsp3) is 0.250. The molecule has 12 heavy (non-hydrogen) atoms. The summed E-state index contributed by atoms with van der Waals surface area (Å²) in [6.07, 6.45) is 0. The van der Waals surface area contributed by atoms with Crippen LogP contribution in [0, 0.1) is 5.82 Å². The number of benzene rings is 1. The number of aliphatic hydroxyl groups is 1. The van der Waals surface area contributed by atoms with Crippen LogP contribution >= 0.6 is 0 Å². The lowest BCUT2D eigenvalue weighted by Gasteiger charge is -2.08. The van der Waals surface area contributed by atoms with E-state index >= 15 is 0 Å². The molecule has 0 spiro atoms. The van der Waals surface area contributed by atoms with E-state index in [1.807, 2.05) is 0 Å². The quantitative estimate of drug-likeness (QED) is 0.562. The molecule has 4 heteroatoms. The highest BCUT2D eigenvalue weighted by molar-refractivity contribution is 5.42. The molecule has 0 unspecified atom stereocenters. The molecule has 0 saturated heterocycles. The fourth-order valence-corrected chi connectivity index (χ4v) is 0.955. The third kappa shape index (κ3) is 1.93. The van der Waals surface area contributed by atoms with E-state index in [4.69, 9.17) is 16.6 Å². The van der Waals surface area contributed by atoms with Crippen molar-refractivity contribution in [1.82, 2.24) is 0 Å². The lowest BCUT2D eigenvalue weighted by Crippen LogP contribution is -2.14. The smallest absolute Gasteiger partial charge is 0.125 e. The van der Waals surface area contributed by atoms with Crippen molar-refractivity contribution >= 4 is 5.69 Å². The van der Waals surface area contributed by atoms with E-state index in [-0.39, 0.29) is 6.61 Å². The van der Waals surface area contributed by atoms with Crippen molar-refractivity contribution < 1.29 is 9.50 Å². The second-order valence-corrected chi connectivity index (χ2v) is 2.61. The minimum Gasteiger partial charge on any atom is -0.399 e. The Bertz CT molecular complexity index is 258. The molecule has 0 aliphatic carbocycles. The highest BCUT2D eigenvalue weighted by Gasteiger charge is 2.05. The first-order valence-corrected chi connectivity index (χ1v) is 3.56. The van der Waals surface area contributed by atoms with Gasteiger partial charge in [-0.25, -0.2) is 4.39 Å². The van der Waals surface area contributed by atoms with Gasteiger partial charge in [0, 0.05) is 5.69 Å². The van der Waals surface area contributed by atoms with Crippen LogP contribution in [-0.4, -0.2) is 11.7 Å². The summed E-state index contributed by atoms with van der Waals surface area (Å²) < 4.78 is 12.7. The second kappa shape index (κ2) is 3.51. The number of rotatable bonds is 2. The Kier molecular flexibility index (Phi) is 2.62. The standard InChI is InChI=1S/C8H11FN2O/c9-6-1-5(8(11)4-12)2-7(10)3-6/h1-3,8,12H,4,10-11H2/t8-/m1/s1. The molecule has 3 nitrogen and oxygen atoms in total. The van der Waals surface area contributed by atoms with Crippen LogP contribution in [0.1, 0.15) is 11.6 Å². The van der Waals surface area contributed by atoms with Gasteiger partial charge in [0.1, 0.15) is 5.82 Å². The minimum absolute atomic E-state index is 0.219.